The summed E-state index contributed by atoms with van der Waals surface area (Å²) in [6.07, 6.45) is 1.48. The van der Waals surface area contributed by atoms with E-state index in [0.29, 0.717) is 16.4 Å². The summed E-state index contributed by atoms with van der Waals surface area (Å²) in [5.41, 5.74) is 4.06. The van der Waals surface area contributed by atoms with Gasteiger partial charge in [0.15, 0.2) is 16.6 Å². The maximum atomic E-state index is 12.2. The summed E-state index contributed by atoms with van der Waals surface area (Å²) in [6, 6.07) is 12.1. The third kappa shape index (κ3) is 4.09. The molecule has 3 rings (SSSR count). The lowest BCUT2D eigenvalue weighted by Crippen LogP contribution is -2.34. The molecule has 7 nitrogen and oxygen atoms in total. The SMILES string of the molecule is COc1cc(/C=N/NC(=O)[C@H](C)Nc2nc3ccccc3s2)ccc1O. The largest absolute Gasteiger partial charge is 0.504 e. The molecule has 3 aromatic rings. The van der Waals surface area contributed by atoms with Crippen LogP contribution in [0.3, 0.4) is 0 Å². The molecule has 0 bridgehead atoms. The predicted octanol–water partition coefficient (Wildman–Crippen LogP) is 2.96. The maximum absolute atomic E-state index is 12.2. The van der Waals surface area contributed by atoms with Gasteiger partial charge in [-0.15, -0.1) is 0 Å². The van der Waals surface area contributed by atoms with Crippen molar-refractivity contribution in [2.75, 3.05) is 12.4 Å². The third-order valence-corrected chi connectivity index (χ3v) is 4.59. The Bertz CT molecular complexity index is 922. The van der Waals surface area contributed by atoms with Crippen molar-refractivity contribution in [3.8, 4) is 11.5 Å². The second-order valence-electron chi connectivity index (χ2n) is 5.52. The molecule has 0 spiro atoms. The number of carbonyl (C=O) groups excluding carboxylic acids is 1. The second kappa shape index (κ2) is 7.83. The van der Waals surface area contributed by atoms with E-state index in [9.17, 15) is 9.90 Å². The number of nitrogens with zero attached hydrogens (tertiary/aromatic N) is 2. The van der Waals surface area contributed by atoms with E-state index in [-0.39, 0.29) is 11.7 Å². The molecule has 2 aromatic carbocycles. The van der Waals surface area contributed by atoms with E-state index in [1.807, 2.05) is 24.3 Å². The fourth-order valence-corrected chi connectivity index (χ4v) is 3.18. The molecule has 3 N–H and O–H groups in total. The molecule has 0 radical (unpaired) electrons. The van der Waals surface area contributed by atoms with Crippen LogP contribution in [0, 0.1) is 0 Å². The molecule has 0 fully saturated rings. The first-order valence-electron chi connectivity index (χ1n) is 7.89. The first-order chi connectivity index (χ1) is 12.6. The summed E-state index contributed by atoms with van der Waals surface area (Å²) in [4.78, 5) is 16.6. The number of hydrogen-bond acceptors (Lipinski definition) is 7. The molecule has 0 saturated heterocycles. The van der Waals surface area contributed by atoms with Crippen molar-refractivity contribution in [1.29, 1.82) is 0 Å². The van der Waals surface area contributed by atoms with Gasteiger partial charge in [0, 0.05) is 0 Å². The van der Waals surface area contributed by atoms with Crippen molar-refractivity contribution in [2.24, 2.45) is 5.10 Å². The van der Waals surface area contributed by atoms with E-state index in [1.54, 1.807) is 19.1 Å². The summed E-state index contributed by atoms with van der Waals surface area (Å²) < 4.78 is 6.09. The lowest BCUT2D eigenvalue weighted by molar-refractivity contribution is -0.121. The number of hydrogen-bond donors (Lipinski definition) is 3. The van der Waals surface area contributed by atoms with Crippen LogP contribution >= 0.6 is 11.3 Å². The van der Waals surface area contributed by atoms with Crippen molar-refractivity contribution < 1.29 is 14.6 Å². The number of thiazole rings is 1. The number of anilines is 1. The predicted molar refractivity (Wildman–Crippen MR) is 103 cm³/mol. The quantitative estimate of drug-likeness (QED) is 0.458. The number of benzene rings is 2. The number of phenols is 1. The minimum atomic E-state index is -0.498. The van der Waals surface area contributed by atoms with Gasteiger partial charge >= 0.3 is 0 Å². The number of fused-ring (bicyclic) bond motifs is 1. The monoisotopic (exact) mass is 370 g/mol. The van der Waals surface area contributed by atoms with Gasteiger partial charge in [0.05, 0.1) is 23.5 Å². The molecule has 1 atom stereocenters. The topological polar surface area (TPSA) is 95.8 Å². The van der Waals surface area contributed by atoms with Crippen LogP contribution in [-0.4, -0.2) is 35.4 Å². The van der Waals surface area contributed by atoms with Gasteiger partial charge in [0.1, 0.15) is 6.04 Å². The van der Waals surface area contributed by atoms with Crippen LogP contribution in [0.15, 0.2) is 47.6 Å². The zero-order valence-corrected chi connectivity index (χ0v) is 15.1. The van der Waals surface area contributed by atoms with Crippen LogP contribution < -0.4 is 15.5 Å². The van der Waals surface area contributed by atoms with Crippen LogP contribution in [0.25, 0.3) is 10.2 Å². The van der Waals surface area contributed by atoms with E-state index in [4.69, 9.17) is 4.74 Å². The minimum absolute atomic E-state index is 0.0438. The molecule has 8 heteroatoms. The van der Waals surface area contributed by atoms with Crippen LogP contribution in [-0.2, 0) is 4.79 Å². The number of ether oxygens (including phenoxy) is 1. The Kier molecular flexibility index (Phi) is 5.33. The number of nitrogens with one attached hydrogen (secondary N) is 2. The zero-order chi connectivity index (χ0) is 18.5. The van der Waals surface area contributed by atoms with E-state index in [0.717, 1.165) is 10.2 Å². The summed E-state index contributed by atoms with van der Waals surface area (Å²) in [5.74, 6) is 0.0970. The number of rotatable bonds is 6. The Morgan fingerprint density at radius 2 is 2.15 bits per heavy atom. The van der Waals surface area contributed by atoms with Crippen molar-refractivity contribution in [2.45, 2.75) is 13.0 Å². The Morgan fingerprint density at radius 3 is 2.92 bits per heavy atom. The number of para-hydroxylation sites is 1. The molecule has 134 valence electrons. The van der Waals surface area contributed by atoms with E-state index < -0.39 is 6.04 Å². The highest BCUT2D eigenvalue weighted by Crippen LogP contribution is 2.26. The maximum Gasteiger partial charge on any atom is 0.262 e. The van der Waals surface area contributed by atoms with E-state index in [2.05, 4.69) is 20.8 Å². The summed E-state index contributed by atoms with van der Waals surface area (Å²) in [5, 5.41) is 17.3. The molecular formula is C18H18N4O3S. The molecule has 0 unspecified atom stereocenters. The molecule has 1 heterocycles. The molecule has 1 aromatic heterocycles. The summed E-state index contributed by atoms with van der Waals surface area (Å²) in [6.45, 7) is 1.74. The van der Waals surface area contributed by atoms with Gasteiger partial charge in [0.25, 0.3) is 5.91 Å². The number of carbonyl (C=O) groups is 1. The average molecular weight is 370 g/mol. The van der Waals surface area contributed by atoms with Crippen molar-refractivity contribution in [3.05, 3.63) is 48.0 Å². The van der Waals surface area contributed by atoms with Crippen molar-refractivity contribution >= 4 is 38.8 Å². The van der Waals surface area contributed by atoms with Crippen LogP contribution in [0.1, 0.15) is 12.5 Å². The third-order valence-electron chi connectivity index (χ3n) is 3.62. The number of aromatic nitrogens is 1. The highest BCUT2D eigenvalue weighted by Gasteiger charge is 2.14. The van der Waals surface area contributed by atoms with Crippen LogP contribution in [0.5, 0.6) is 11.5 Å². The highest BCUT2D eigenvalue weighted by molar-refractivity contribution is 7.22. The Labute approximate surface area is 154 Å². The van der Waals surface area contributed by atoms with Crippen LogP contribution in [0.2, 0.25) is 0 Å². The number of amides is 1. The van der Waals surface area contributed by atoms with Gasteiger partial charge in [-0.25, -0.2) is 10.4 Å². The molecule has 0 aliphatic heterocycles. The summed E-state index contributed by atoms with van der Waals surface area (Å²) >= 11 is 1.49. The average Bonchev–Trinajstić information content (AvgIpc) is 3.05. The fourth-order valence-electron chi connectivity index (χ4n) is 2.23. The molecule has 1 amide bonds. The number of hydrazone groups is 1. The van der Waals surface area contributed by atoms with Gasteiger partial charge in [-0.2, -0.15) is 5.10 Å². The molecule has 26 heavy (non-hydrogen) atoms. The molecule has 0 aliphatic rings. The number of aromatic hydroxyl groups is 1. The van der Waals surface area contributed by atoms with E-state index >= 15 is 0 Å². The Morgan fingerprint density at radius 1 is 1.35 bits per heavy atom. The van der Waals surface area contributed by atoms with Gasteiger partial charge in [-0.3, -0.25) is 4.79 Å². The normalized spacial score (nSPS) is 12.2. The standard InChI is InChI=1S/C18H18N4O3S/c1-11(20-18-21-13-5-3-4-6-16(13)26-18)17(24)22-19-10-12-7-8-14(23)15(9-12)25-2/h3-11,23H,1-2H3,(H,20,21)(H,22,24)/b19-10+/t11-/m0/s1. The van der Waals surface area contributed by atoms with Gasteiger partial charge < -0.3 is 15.2 Å². The Hall–Kier alpha value is -3.13. The molecule has 0 aliphatic carbocycles. The molecule has 0 saturated carbocycles. The fraction of sp³-hybridized carbons (Fsp3) is 0.167. The van der Waals surface area contributed by atoms with Crippen molar-refractivity contribution in [3.63, 3.8) is 0 Å². The number of phenolic OH excluding ortho intramolecular Hbond substituents is 1. The van der Waals surface area contributed by atoms with Gasteiger partial charge in [-0.05, 0) is 42.8 Å². The zero-order valence-electron chi connectivity index (χ0n) is 14.3. The Balaban J connectivity index is 1.58. The lowest BCUT2D eigenvalue weighted by Gasteiger charge is -2.10. The molecular weight excluding hydrogens is 352 g/mol. The first-order valence-corrected chi connectivity index (χ1v) is 8.70. The van der Waals surface area contributed by atoms with Gasteiger partial charge in [0.2, 0.25) is 0 Å². The van der Waals surface area contributed by atoms with Gasteiger partial charge in [-0.1, -0.05) is 23.5 Å². The first kappa shape index (κ1) is 17.7. The highest BCUT2D eigenvalue weighted by atomic mass is 32.1. The smallest absolute Gasteiger partial charge is 0.262 e. The lowest BCUT2D eigenvalue weighted by atomic mass is 10.2. The van der Waals surface area contributed by atoms with E-state index in [1.165, 1.54) is 30.7 Å². The number of methoxy groups -OCH3 is 1. The van der Waals surface area contributed by atoms with Crippen molar-refractivity contribution in [1.82, 2.24) is 10.4 Å². The second-order valence-corrected chi connectivity index (χ2v) is 6.55. The van der Waals surface area contributed by atoms with Crippen LogP contribution in [0.4, 0.5) is 5.13 Å². The minimum Gasteiger partial charge on any atom is -0.504 e. The summed E-state index contributed by atoms with van der Waals surface area (Å²) in [7, 11) is 1.47.